The molecule has 0 aromatic heterocycles. The largest absolute Gasteiger partial charge is 0.480 e. The molecule has 0 saturated heterocycles. The van der Waals surface area contributed by atoms with Crippen molar-refractivity contribution in [3.8, 4) is 0 Å². The Kier molecular flexibility index (Phi) is 5.43. The summed E-state index contributed by atoms with van der Waals surface area (Å²) in [5, 5.41) is 14.9. The molecule has 2 N–H and O–H groups in total. The molecule has 0 heterocycles. The maximum atomic E-state index is 12.5. The topological polar surface area (TPSA) is 49.3 Å². The van der Waals surface area contributed by atoms with E-state index in [1.165, 1.54) is 16.7 Å². The fourth-order valence-corrected chi connectivity index (χ4v) is 6.31. The lowest BCUT2D eigenvalue weighted by Crippen LogP contribution is -2.52. The minimum Gasteiger partial charge on any atom is -0.480 e. The van der Waals surface area contributed by atoms with Crippen LogP contribution in [0, 0.1) is 0 Å². The van der Waals surface area contributed by atoms with E-state index in [1.54, 1.807) is 12.1 Å². The van der Waals surface area contributed by atoms with Crippen LogP contribution in [0.2, 0.25) is 10.0 Å². The standard InChI is InChI=1S/C27H25Cl2NO2/c28-20-7-3-6-18(15-20)24-16-19-5-1-2-10-23(19)26(24)11-13-27(14-12-26,25(31)32)30-22-9-4-8-21(29)17-22/h1-10,15,17,24,30H,11-14,16H2,(H,31,32)/t24-,26?,27?/m1/s1. The summed E-state index contributed by atoms with van der Waals surface area (Å²) in [6.07, 6.45) is 3.63. The zero-order valence-corrected chi connectivity index (χ0v) is 19.2. The predicted molar refractivity (Wildman–Crippen MR) is 130 cm³/mol. The van der Waals surface area contributed by atoms with Crippen LogP contribution in [0.3, 0.4) is 0 Å². The van der Waals surface area contributed by atoms with Crippen molar-refractivity contribution in [2.45, 2.75) is 49.0 Å². The molecule has 1 atom stereocenters. The SMILES string of the molecule is O=C(O)C1(Nc2cccc(Cl)c2)CCC2(CC1)c1ccccc1C[C@@H]2c1cccc(Cl)c1. The highest BCUT2D eigenvalue weighted by Crippen LogP contribution is 2.58. The van der Waals surface area contributed by atoms with Crippen molar-refractivity contribution in [2.75, 3.05) is 5.32 Å². The molecule has 5 heteroatoms. The van der Waals surface area contributed by atoms with Crippen LogP contribution in [-0.2, 0) is 16.6 Å². The summed E-state index contributed by atoms with van der Waals surface area (Å²) in [7, 11) is 0. The van der Waals surface area contributed by atoms with Crippen LogP contribution in [0.15, 0.2) is 72.8 Å². The van der Waals surface area contributed by atoms with Gasteiger partial charge in [-0.1, -0.05) is 65.7 Å². The molecule has 0 aliphatic heterocycles. The number of aliphatic carboxylic acids is 1. The van der Waals surface area contributed by atoms with Gasteiger partial charge in [-0.15, -0.1) is 0 Å². The van der Waals surface area contributed by atoms with Gasteiger partial charge in [0.2, 0.25) is 0 Å². The lowest BCUT2D eigenvalue weighted by Gasteiger charge is -2.47. The molecule has 5 rings (SSSR count). The Hall–Kier alpha value is -2.49. The van der Waals surface area contributed by atoms with Crippen LogP contribution in [-0.4, -0.2) is 16.6 Å². The van der Waals surface area contributed by atoms with E-state index < -0.39 is 11.5 Å². The number of rotatable bonds is 4. The Morgan fingerprint density at radius 3 is 2.25 bits per heavy atom. The number of nitrogens with one attached hydrogen (secondary N) is 1. The highest BCUT2D eigenvalue weighted by Gasteiger charge is 2.54. The highest BCUT2D eigenvalue weighted by atomic mass is 35.5. The van der Waals surface area contributed by atoms with Gasteiger partial charge >= 0.3 is 5.97 Å². The third-order valence-corrected chi connectivity index (χ3v) is 7.98. The minimum atomic E-state index is -1.01. The van der Waals surface area contributed by atoms with Gasteiger partial charge in [0.05, 0.1) is 0 Å². The van der Waals surface area contributed by atoms with E-state index in [4.69, 9.17) is 23.2 Å². The number of carbonyl (C=O) groups is 1. The number of hydrogen-bond acceptors (Lipinski definition) is 2. The third kappa shape index (κ3) is 3.58. The molecule has 1 fully saturated rings. The Bertz CT molecular complexity index is 1170. The van der Waals surface area contributed by atoms with Crippen LogP contribution in [0.5, 0.6) is 0 Å². The van der Waals surface area contributed by atoms with Gasteiger partial charge < -0.3 is 10.4 Å². The minimum absolute atomic E-state index is 0.0871. The van der Waals surface area contributed by atoms with Crippen LogP contribution >= 0.6 is 23.2 Å². The summed E-state index contributed by atoms with van der Waals surface area (Å²) >= 11 is 12.5. The summed E-state index contributed by atoms with van der Waals surface area (Å²) in [6.45, 7) is 0. The Morgan fingerprint density at radius 1 is 0.875 bits per heavy atom. The number of carboxylic acid groups (broad SMARTS) is 1. The van der Waals surface area contributed by atoms with E-state index in [0.717, 1.165) is 30.0 Å². The van der Waals surface area contributed by atoms with Gasteiger partial charge in [0.1, 0.15) is 5.54 Å². The molecule has 164 valence electrons. The van der Waals surface area contributed by atoms with Crippen LogP contribution < -0.4 is 5.32 Å². The van der Waals surface area contributed by atoms with Crippen LogP contribution in [0.1, 0.15) is 48.3 Å². The number of halogens is 2. The lowest BCUT2D eigenvalue weighted by atomic mass is 9.59. The Balaban J connectivity index is 1.51. The monoisotopic (exact) mass is 465 g/mol. The van der Waals surface area contributed by atoms with E-state index in [1.807, 2.05) is 24.3 Å². The molecule has 2 aliphatic rings. The van der Waals surface area contributed by atoms with Gasteiger partial charge in [0.15, 0.2) is 0 Å². The van der Waals surface area contributed by atoms with Gasteiger partial charge in [-0.2, -0.15) is 0 Å². The zero-order valence-electron chi connectivity index (χ0n) is 17.7. The molecule has 2 aliphatic carbocycles. The molecule has 3 nitrogen and oxygen atoms in total. The highest BCUT2D eigenvalue weighted by molar-refractivity contribution is 6.31. The van der Waals surface area contributed by atoms with E-state index in [9.17, 15) is 9.90 Å². The van der Waals surface area contributed by atoms with Gasteiger partial charge in [0, 0.05) is 21.1 Å². The van der Waals surface area contributed by atoms with E-state index >= 15 is 0 Å². The number of benzene rings is 3. The first-order valence-electron chi connectivity index (χ1n) is 11.0. The van der Waals surface area contributed by atoms with E-state index in [2.05, 4.69) is 41.7 Å². The van der Waals surface area contributed by atoms with Crippen molar-refractivity contribution >= 4 is 34.9 Å². The summed E-state index contributed by atoms with van der Waals surface area (Å²) in [6, 6.07) is 24.1. The normalized spacial score (nSPS) is 26.6. The van der Waals surface area contributed by atoms with Crippen molar-refractivity contribution in [2.24, 2.45) is 0 Å². The Labute approximate surface area is 198 Å². The van der Waals surface area contributed by atoms with Gasteiger partial charge in [0.25, 0.3) is 0 Å². The third-order valence-electron chi connectivity index (χ3n) is 7.51. The lowest BCUT2D eigenvalue weighted by molar-refractivity contribution is -0.144. The molecule has 0 unspecified atom stereocenters. The van der Waals surface area contributed by atoms with Crippen molar-refractivity contribution in [3.63, 3.8) is 0 Å². The average molecular weight is 466 g/mol. The summed E-state index contributed by atoms with van der Waals surface area (Å²) < 4.78 is 0. The molecule has 3 aromatic rings. The maximum Gasteiger partial charge on any atom is 0.329 e. The average Bonchev–Trinajstić information content (AvgIpc) is 3.10. The first kappa shape index (κ1) is 21.4. The first-order valence-corrected chi connectivity index (χ1v) is 11.8. The molecule has 0 radical (unpaired) electrons. The summed E-state index contributed by atoms with van der Waals surface area (Å²) in [5.74, 6) is -0.519. The van der Waals surface area contributed by atoms with Crippen LogP contribution in [0.25, 0.3) is 0 Å². The Morgan fingerprint density at radius 2 is 1.56 bits per heavy atom. The summed E-state index contributed by atoms with van der Waals surface area (Å²) in [5.41, 5.74) is 3.62. The molecule has 3 aromatic carbocycles. The van der Waals surface area contributed by atoms with Crippen molar-refractivity contribution in [1.82, 2.24) is 0 Å². The van der Waals surface area contributed by atoms with Gasteiger partial charge in [-0.25, -0.2) is 4.79 Å². The van der Waals surface area contributed by atoms with E-state index in [-0.39, 0.29) is 11.3 Å². The van der Waals surface area contributed by atoms with Crippen LogP contribution in [0.4, 0.5) is 5.69 Å². The molecule has 0 bridgehead atoms. The zero-order chi connectivity index (χ0) is 22.3. The van der Waals surface area contributed by atoms with Crippen molar-refractivity contribution in [3.05, 3.63) is 99.5 Å². The second-order valence-corrected chi connectivity index (χ2v) is 10.0. The fourth-order valence-electron chi connectivity index (χ4n) is 5.92. The number of anilines is 1. The first-order chi connectivity index (χ1) is 15.4. The fraction of sp³-hybridized carbons (Fsp3) is 0.296. The van der Waals surface area contributed by atoms with Gasteiger partial charge in [-0.05, 0) is 85.0 Å². The van der Waals surface area contributed by atoms with Gasteiger partial charge in [-0.3, -0.25) is 0 Å². The number of carboxylic acids is 1. The molecular formula is C27H25Cl2NO2. The maximum absolute atomic E-state index is 12.5. The smallest absolute Gasteiger partial charge is 0.329 e. The quantitative estimate of drug-likeness (QED) is 0.432. The predicted octanol–water partition coefficient (Wildman–Crippen LogP) is 7.08. The molecule has 32 heavy (non-hydrogen) atoms. The molecule has 1 saturated carbocycles. The molecule has 1 spiro atoms. The van der Waals surface area contributed by atoms with E-state index in [0.29, 0.717) is 17.9 Å². The number of hydrogen-bond donors (Lipinski definition) is 2. The second kappa shape index (κ2) is 8.13. The summed E-state index contributed by atoms with van der Waals surface area (Å²) in [4.78, 5) is 12.5. The molecular weight excluding hydrogens is 441 g/mol. The number of fused-ring (bicyclic) bond motifs is 2. The molecule has 0 amide bonds. The second-order valence-electron chi connectivity index (χ2n) is 9.15. The van der Waals surface area contributed by atoms with Crippen molar-refractivity contribution in [1.29, 1.82) is 0 Å². The van der Waals surface area contributed by atoms with Crippen molar-refractivity contribution < 1.29 is 9.90 Å².